The van der Waals surface area contributed by atoms with Crippen LogP contribution in [0.2, 0.25) is 0 Å². The summed E-state index contributed by atoms with van der Waals surface area (Å²) in [5.74, 6) is 3.61. The van der Waals surface area contributed by atoms with E-state index in [9.17, 15) is 0 Å². The molecule has 1 aromatic carbocycles. The third-order valence-corrected chi connectivity index (χ3v) is 4.90. The van der Waals surface area contributed by atoms with Crippen molar-refractivity contribution in [2.45, 2.75) is 19.0 Å². The van der Waals surface area contributed by atoms with Crippen LogP contribution in [-0.2, 0) is 6.54 Å². The van der Waals surface area contributed by atoms with Crippen LogP contribution < -0.4 is 5.32 Å². The molecule has 0 spiro atoms. The van der Waals surface area contributed by atoms with Crippen LogP contribution in [-0.4, -0.2) is 27.7 Å². The summed E-state index contributed by atoms with van der Waals surface area (Å²) in [7, 11) is 0. The van der Waals surface area contributed by atoms with E-state index in [1.165, 1.54) is 17.9 Å². The minimum atomic E-state index is 0.560. The van der Waals surface area contributed by atoms with Gasteiger partial charge in [-0.15, -0.1) is 10.2 Å². The van der Waals surface area contributed by atoms with Gasteiger partial charge < -0.3 is 9.73 Å². The van der Waals surface area contributed by atoms with E-state index in [0.29, 0.717) is 24.4 Å². The monoisotopic (exact) mass is 339 g/mol. The number of nitrogens with zero attached hydrogens (tertiary/aromatic N) is 2. The van der Waals surface area contributed by atoms with Gasteiger partial charge >= 0.3 is 0 Å². The zero-order valence-electron chi connectivity index (χ0n) is 10.3. The van der Waals surface area contributed by atoms with E-state index in [0.717, 1.165) is 10.0 Å². The van der Waals surface area contributed by atoms with Crippen molar-refractivity contribution in [3.8, 4) is 11.5 Å². The van der Waals surface area contributed by atoms with Gasteiger partial charge in [-0.3, -0.25) is 0 Å². The summed E-state index contributed by atoms with van der Waals surface area (Å²) < 4.78 is 6.65. The fourth-order valence-electron chi connectivity index (χ4n) is 2.00. The average molecular weight is 340 g/mol. The van der Waals surface area contributed by atoms with E-state index >= 15 is 0 Å². The molecule has 0 bridgehead atoms. The van der Waals surface area contributed by atoms with E-state index in [4.69, 9.17) is 4.42 Å². The van der Waals surface area contributed by atoms with Crippen molar-refractivity contribution in [3.05, 3.63) is 34.6 Å². The molecule has 1 aromatic heterocycles. The minimum Gasteiger partial charge on any atom is -0.419 e. The van der Waals surface area contributed by atoms with Crippen LogP contribution in [0.4, 0.5) is 0 Å². The summed E-state index contributed by atoms with van der Waals surface area (Å²) in [5.41, 5.74) is 0.928. The quantitative estimate of drug-likeness (QED) is 0.927. The third-order valence-electron chi connectivity index (χ3n) is 3.04. The lowest BCUT2D eigenvalue weighted by Crippen LogP contribution is -2.28. The summed E-state index contributed by atoms with van der Waals surface area (Å²) in [6, 6.07) is 8.42. The van der Waals surface area contributed by atoms with Crippen molar-refractivity contribution in [1.29, 1.82) is 0 Å². The maximum Gasteiger partial charge on any atom is 0.248 e. The van der Waals surface area contributed by atoms with Crippen LogP contribution >= 0.6 is 27.7 Å². The topological polar surface area (TPSA) is 51.0 Å². The number of hydrogen-bond donors (Lipinski definition) is 1. The molecular formula is C13H14BrN3OS. The summed E-state index contributed by atoms with van der Waals surface area (Å²) in [4.78, 5) is 0. The van der Waals surface area contributed by atoms with E-state index in [-0.39, 0.29) is 0 Å². The number of benzene rings is 1. The lowest BCUT2D eigenvalue weighted by molar-refractivity contribution is 0.451. The van der Waals surface area contributed by atoms with Crippen molar-refractivity contribution in [3.63, 3.8) is 0 Å². The Morgan fingerprint density at radius 1 is 1.37 bits per heavy atom. The Balaban J connectivity index is 1.67. The molecule has 1 fully saturated rings. The Hall–Kier alpha value is -0.850. The van der Waals surface area contributed by atoms with Gasteiger partial charge in [0.15, 0.2) is 0 Å². The average Bonchev–Trinajstić information content (AvgIpc) is 3.08. The molecule has 19 heavy (non-hydrogen) atoms. The fourth-order valence-corrected chi connectivity index (χ4v) is 3.64. The van der Waals surface area contributed by atoms with Crippen molar-refractivity contribution in [1.82, 2.24) is 15.5 Å². The second-order valence-electron chi connectivity index (χ2n) is 4.42. The first-order valence-electron chi connectivity index (χ1n) is 6.21. The molecule has 0 amide bonds. The second-order valence-corrected chi connectivity index (χ2v) is 6.43. The van der Waals surface area contributed by atoms with Crippen molar-refractivity contribution in [2.75, 3.05) is 11.5 Å². The van der Waals surface area contributed by atoms with Crippen LogP contribution in [0.3, 0.4) is 0 Å². The molecule has 3 rings (SSSR count). The Bertz CT molecular complexity index is 554. The van der Waals surface area contributed by atoms with Crippen molar-refractivity contribution in [2.24, 2.45) is 0 Å². The Kier molecular flexibility index (Phi) is 4.20. The maximum atomic E-state index is 5.69. The van der Waals surface area contributed by atoms with E-state index < -0.39 is 0 Å². The van der Waals surface area contributed by atoms with Gasteiger partial charge in [0.05, 0.1) is 12.1 Å². The molecule has 0 radical (unpaired) electrons. The molecule has 1 N–H and O–H groups in total. The molecule has 1 unspecified atom stereocenters. The summed E-state index contributed by atoms with van der Waals surface area (Å²) in [6.07, 6.45) is 1.22. The van der Waals surface area contributed by atoms with Crippen LogP contribution in [0, 0.1) is 0 Å². The second kappa shape index (κ2) is 6.07. The minimum absolute atomic E-state index is 0.560. The molecule has 4 nitrogen and oxygen atoms in total. The standard InChI is InChI=1S/C13H14BrN3OS/c14-11-4-2-1-3-10(11)13-17-16-12(18-13)7-15-9-5-6-19-8-9/h1-4,9,15H,5-8H2. The molecule has 1 aliphatic rings. The zero-order chi connectivity index (χ0) is 13.1. The highest BCUT2D eigenvalue weighted by atomic mass is 79.9. The Morgan fingerprint density at radius 2 is 2.26 bits per heavy atom. The van der Waals surface area contributed by atoms with Crippen LogP contribution in [0.15, 0.2) is 33.2 Å². The Labute approximate surface area is 124 Å². The summed E-state index contributed by atoms with van der Waals surface area (Å²) >= 11 is 5.47. The third kappa shape index (κ3) is 3.19. The SMILES string of the molecule is Brc1ccccc1-c1nnc(CNC2CCSC2)o1. The number of aromatic nitrogens is 2. The maximum absolute atomic E-state index is 5.69. The molecule has 1 saturated heterocycles. The van der Waals surface area contributed by atoms with Gasteiger partial charge in [0.1, 0.15) is 0 Å². The molecule has 0 saturated carbocycles. The van der Waals surface area contributed by atoms with Gasteiger partial charge in [0.2, 0.25) is 11.8 Å². The number of thioether (sulfide) groups is 1. The first-order valence-corrected chi connectivity index (χ1v) is 8.16. The highest BCUT2D eigenvalue weighted by Gasteiger charge is 2.16. The van der Waals surface area contributed by atoms with Crippen molar-refractivity contribution < 1.29 is 4.42 Å². The van der Waals surface area contributed by atoms with Gasteiger partial charge in [-0.05, 0) is 40.2 Å². The predicted molar refractivity (Wildman–Crippen MR) is 80.0 cm³/mol. The Morgan fingerprint density at radius 3 is 3.05 bits per heavy atom. The van der Waals surface area contributed by atoms with E-state index in [2.05, 4.69) is 31.4 Å². The summed E-state index contributed by atoms with van der Waals surface area (Å²) in [5, 5.41) is 11.6. The highest BCUT2D eigenvalue weighted by molar-refractivity contribution is 9.10. The van der Waals surface area contributed by atoms with Crippen LogP contribution in [0.5, 0.6) is 0 Å². The first-order chi connectivity index (χ1) is 9.33. The highest BCUT2D eigenvalue weighted by Crippen LogP contribution is 2.26. The zero-order valence-corrected chi connectivity index (χ0v) is 12.7. The van der Waals surface area contributed by atoms with E-state index in [1.54, 1.807) is 0 Å². The normalized spacial score (nSPS) is 18.9. The molecule has 100 valence electrons. The number of halogens is 1. The largest absolute Gasteiger partial charge is 0.419 e. The van der Waals surface area contributed by atoms with Crippen LogP contribution in [0.25, 0.3) is 11.5 Å². The van der Waals surface area contributed by atoms with Crippen molar-refractivity contribution >= 4 is 27.7 Å². The lowest BCUT2D eigenvalue weighted by Gasteiger charge is -2.07. The molecule has 2 heterocycles. The predicted octanol–water partition coefficient (Wildman–Crippen LogP) is 3.09. The van der Waals surface area contributed by atoms with Gasteiger partial charge in [-0.2, -0.15) is 11.8 Å². The number of hydrogen-bond acceptors (Lipinski definition) is 5. The lowest BCUT2D eigenvalue weighted by atomic mass is 10.2. The van der Waals surface area contributed by atoms with Gasteiger partial charge in [0.25, 0.3) is 0 Å². The molecule has 6 heteroatoms. The smallest absolute Gasteiger partial charge is 0.248 e. The van der Waals surface area contributed by atoms with Gasteiger partial charge in [-0.1, -0.05) is 12.1 Å². The van der Waals surface area contributed by atoms with Gasteiger partial charge in [0, 0.05) is 16.3 Å². The summed E-state index contributed by atoms with van der Waals surface area (Å²) in [6.45, 7) is 0.642. The fraction of sp³-hybridized carbons (Fsp3) is 0.385. The number of nitrogens with one attached hydrogen (secondary N) is 1. The molecule has 0 aliphatic carbocycles. The van der Waals surface area contributed by atoms with Gasteiger partial charge in [-0.25, -0.2) is 0 Å². The molecule has 2 aromatic rings. The van der Waals surface area contributed by atoms with E-state index in [1.807, 2.05) is 36.0 Å². The molecule has 1 atom stereocenters. The number of rotatable bonds is 4. The first kappa shape index (κ1) is 13.1. The molecule has 1 aliphatic heterocycles. The van der Waals surface area contributed by atoms with Crippen LogP contribution in [0.1, 0.15) is 12.3 Å². The molecular weight excluding hydrogens is 326 g/mol.